The van der Waals surface area contributed by atoms with Gasteiger partial charge in [0.1, 0.15) is 0 Å². The van der Waals surface area contributed by atoms with Gasteiger partial charge in [0, 0.05) is 0 Å². The van der Waals surface area contributed by atoms with E-state index in [0.717, 1.165) is 31.2 Å². The van der Waals surface area contributed by atoms with Crippen LogP contribution < -0.4 is 0 Å². The molecule has 2 heteroatoms. The van der Waals surface area contributed by atoms with Crippen molar-refractivity contribution < 1.29 is 9.53 Å². The Morgan fingerprint density at radius 1 is 1.10 bits per heavy atom. The van der Waals surface area contributed by atoms with Crippen LogP contribution in [0.4, 0.5) is 0 Å². The van der Waals surface area contributed by atoms with Crippen molar-refractivity contribution in [3.05, 3.63) is 35.4 Å². The predicted octanol–water partition coefficient (Wildman–Crippen LogP) is 5.04. The summed E-state index contributed by atoms with van der Waals surface area (Å²) in [6.45, 7) is 8.89. The van der Waals surface area contributed by atoms with Crippen LogP contribution in [0.2, 0.25) is 0 Å². The highest BCUT2D eigenvalue weighted by molar-refractivity contribution is 5.78. The lowest BCUT2D eigenvalue weighted by Gasteiger charge is -2.17. The first-order valence-electron chi connectivity index (χ1n) is 7.90. The van der Waals surface area contributed by atoms with Gasteiger partial charge in [-0.25, -0.2) is 0 Å². The molecule has 20 heavy (non-hydrogen) atoms. The summed E-state index contributed by atoms with van der Waals surface area (Å²) in [6.07, 6.45) is 4.16. The summed E-state index contributed by atoms with van der Waals surface area (Å²) in [4.78, 5) is 12.1. The highest BCUT2D eigenvalue weighted by atomic mass is 16.5. The van der Waals surface area contributed by atoms with Crippen LogP contribution in [0.1, 0.15) is 76.3 Å². The van der Waals surface area contributed by atoms with E-state index in [0.29, 0.717) is 12.5 Å². The van der Waals surface area contributed by atoms with Gasteiger partial charge in [-0.2, -0.15) is 0 Å². The molecule has 0 bridgehead atoms. The molecular weight excluding hydrogens is 248 g/mol. The van der Waals surface area contributed by atoms with Crippen LogP contribution in [-0.2, 0) is 9.53 Å². The predicted molar refractivity (Wildman–Crippen MR) is 84.0 cm³/mol. The Balaban J connectivity index is 2.87. The number of hydrogen-bond acceptors (Lipinski definition) is 2. The minimum Gasteiger partial charge on any atom is -0.466 e. The summed E-state index contributed by atoms with van der Waals surface area (Å²) in [5, 5.41) is 0. The number of carbonyl (C=O) groups is 1. The number of rotatable bonds is 8. The van der Waals surface area contributed by atoms with Gasteiger partial charge in [-0.05, 0) is 36.8 Å². The summed E-state index contributed by atoms with van der Waals surface area (Å²) >= 11 is 0. The SMILES string of the molecule is CCCCC(C(=O)OCC)c1ccc(C(C)CC)cc1. The quantitative estimate of drug-likeness (QED) is 0.622. The number of benzene rings is 1. The molecule has 2 nitrogen and oxygen atoms in total. The van der Waals surface area contributed by atoms with E-state index in [1.165, 1.54) is 5.56 Å². The Labute approximate surface area is 123 Å². The highest BCUT2D eigenvalue weighted by Crippen LogP contribution is 2.26. The van der Waals surface area contributed by atoms with Gasteiger partial charge in [0.15, 0.2) is 0 Å². The number of unbranched alkanes of at least 4 members (excludes halogenated alkanes) is 1. The summed E-state index contributed by atoms with van der Waals surface area (Å²) in [7, 11) is 0. The van der Waals surface area contributed by atoms with Crippen molar-refractivity contribution in [1.82, 2.24) is 0 Å². The van der Waals surface area contributed by atoms with Gasteiger partial charge in [-0.3, -0.25) is 4.79 Å². The number of hydrogen-bond donors (Lipinski definition) is 0. The van der Waals surface area contributed by atoms with Gasteiger partial charge < -0.3 is 4.74 Å². The van der Waals surface area contributed by atoms with E-state index in [-0.39, 0.29) is 11.9 Å². The summed E-state index contributed by atoms with van der Waals surface area (Å²) in [5.74, 6) is 0.374. The smallest absolute Gasteiger partial charge is 0.313 e. The van der Waals surface area contributed by atoms with Crippen LogP contribution in [0.3, 0.4) is 0 Å². The van der Waals surface area contributed by atoms with E-state index in [1.807, 2.05) is 6.92 Å². The molecule has 0 aromatic heterocycles. The maximum Gasteiger partial charge on any atom is 0.313 e. The zero-order valence-electron chi connectivity index (χ0n) is 13.3. The van der Waals surface area contributed by atoms with Gasteiger partial charge in [-0.15, -0.1) is 0 Å². The fraction of sp³-hybridized carbons (Fsp3) is 0.611. The molecule has 0 spiro atoms. The third-order valence-electron chi connectivity index (χ3n) is 3.94. The third kappa shape index (κ3) is 4.66. The van der Waals surface area contributed by atoms with Crippen molar-refractivity contribution >= 4 is 5.97 Å². The van der Waals surface area contributed by atoms with Crippen LogP contribution in [-0.4, -0.2) is 12.6 Å². The third-order valence-corrected chi connectivity index (χ3v) is 3.94. The second kappa shape index (κ2) is 8.78. The average Bonchev–Trinajstić information content (AvgIpc) is 2.48. The van der Waals surface area contributed by atoms with E-state index in [4.69, 9.17) is 4.74 Å². The van der Waals surface area contributed by atoms with Crippen molar-refractivity contribution in [3.8, 4) is 0 Å². The minimum atomic E-state index is -0.110. The van der Waals surface area contributed by atoms with Gasteiger partial charge in [0.2, 0.25) is 0 Å². The van der Waals surface area contributed by atoms with E-state index < -0.39 is 0 Å². The molecule has 0 amide bonds. The molecule has 112 valence electrons. The molecule has 2 unspecified atom stereocenters. The molecule has 0 saturated heterocycles. The molecule has 0 aliphatic heterocycles. The zero-order valence-corrected chi connectivity index (χ0v) is 13.3. The minimum absolute atomic E-state index is 0.0859. The Morgan fingerprint density at radius 2 is 1.70 bits per heavy atom. The lowest BCUT2D eigenvalue weighted by molar-refractivity contribution is -0.145. The molecule has 0 heterocycles. The maximum atomic E-state index is 12.1. The molecule has 0 aliphatic rings. The van der Waals surface area contributed by atoms with Crippen LogP contribution in [0.15, 0.2) is 24.3 Å². The number of ether oxygens (including phenoxy) is 1. The molecule has 0 saturated carbocycles. The first kappa shape index (κ1) is 16.7. The molecular formula is C18H28O2. The lowest BCUT2D eigenvalue weighted by Crippen LogP contribution is -2.16. The van der Waals surface area contributed by atoms with Gasteiger partial charge in [0.25, 0.3) is 0 Å². The average molecular weight is 276 g/mol. The molecule has 0 fully saturated rings. The lowest BCUT2D eigenvalue weighted by atomic mass is 9.90. The van der Waals surface area contributed by atoms with Gasteiger partial charge in [0.05, 0.1) is 12.5 Å². The van der Waals surface area contributed by atoms with Crippen molar-refractivity contribution in [2.75, 3.05) is 6.61 Å². The normalized spacial score (nSPS) is 13.8. The van der Waals surface area contributed by atoms with E-state index in [1.54, 1.807) is 0 Å². The first-order chi connectivity index (χ1) is 9.63. The van der Waals surface area contributed by atoms with E-state index >= 15 is 0 Å². The first-order valence-corrected chi connectivity index (χ1v) is 7.90. The summed E-state index contributed by atoms with van der Waals surface area (Å²) in [6, 6.07) is 8.50. The Hall–Kier alpha value is -1.31. The monoisotopic (exact) mass is 276 g/mol. The van der Waals surface area contributed by atoms with Gasteiger partial charge in [-0.1, -0.05) is 57.9 Å². The highest BCUT2D eigenvalue weighted by Gasteiger charge is 2.21. The second-order valence-electron chi connectivity index (χ2n) is 5.42. The number of esters is 1. The standard InChI is InChI=1S/C18H28O2/c1-5-8-9-17(18(19)20-7-3)16-12-10-15(11-13-16)14(4)6-2/h10-14,17H,5-9H2,1-4H3. The molecule has 1 aromatic rings. The van der Waals surface area contributed by atoms with Crippen molar-refractivity contribution in [1.29, 1.82) is 0 Å². The molecule has 1 aromatic carbocycles. The van der Waals surface area contributed by atoms with Crippen LogP contribution in [0.25, 0.3) is 0 Å². The molecule has 0 N–H and O–H groups in total. The largest absolute Gasteiger partial charge is 0.466 e. The molecule has 2 atom stereocenters. The van der Waals surface area contributed by atoms with Crippen molar-refractivity contribution in [3.63, 3.8) is 0 Å². The number of carbonyl (C=O) groups excluding carboxylic acids is 1. The Kier molecular flexibility index (Phi) is 7.35. The van der Waals surface area contributed by atoms with Gasteiger partial charge >= 0.3 is 5.97 Å². The molecule has 1 rings (SSSR count). The zero-order chi connectivity index (χ0) is 15.0. The maximum absolute atomic E-state index is 12.1. The summed E-state index contributed by atoms with van der Waals surface area (Å²) in [5.41, 5.74) is 2.43. The van der Waals surface area contributed by atoms with E-state index in [2.05, 4.69) is 45.0 Å². The Morgan fingerprint density at radius 3 is 2.20 bits per heavy atom. The molecule has 0 radical (unpaired) electrons. The molecule has 0 aliphatic carbocycles. The fourth-order valence-electron chi connectivity index (χ4n) is 2.36. The van der Waals surface area contributed by atoms with E-state index in [9.17, 15) is 4.79 Å². The fourth-order valence-corrected chi connectivity index (χ4v) is 2.36. The second-order valence-corrected chi connectivity index (χ2v) is 5.42. The summed E-state index contributed by atoms with van der Waals surface area (Å²) < 4.78 is 5.22. The van der Waals surface area contributed by atoms with Crippen LogP contribution in [0.5, 0.6) is 0 Å². The topological polar surface area (TPSA) is 26.3 Å². The van der Waals surface area contributed by atoms with Crippen LogP contribution in [0, 0.1) is 0 Å². The van der Waals surface area contributed by atoms with Crippen molar-refractivity contribution in [2.24, 2.45) is 0 Å². The Bertz CT molecular complexity index is 394. The van der Waals surface area contributed by atoms with Crippen LogP contribution >= 0.6 is 0 Å². The van der Waals surface area contributed by atoms with Crippen molar-refractivity contribution in [2.45, 2.75) is 65.2 Å².